The van der Waals surface area contributed by atoms with Gasteiger partial charge in [0.2, 0.25) is 0 Å². The van der Waals surface area contributed by atoms with Crippen LogP contribution in [-0.2, 0) is 19.9 Å². The van der Waals surface area contributed by atoms with Crippen molar-refractivity contribution in [1.29, 1.82) is 0 Å². The van der Waals surface area contributed by atoms with Crippen LogP contribution in [0.25, 0.3) is 11.4 Å². The highest BCUT2D eigenvalue weighted by atomic mass is 16.5. The summed E-state index contributed by atoms with van der Waals surface area (Å²) in [5, 5.41) is 11.6. The first-order valence-corrected chi connectivity index (χ1v) is 10.5. The number of aromatic amines is 1. The minimum atomic E-state index is 0.0182. The summed E-state index contributed by atoms with van der Waals surface area (Å²) < 4.78 is 7.76. The maximum Gasteiger partial charge on any atom is 0.271 e. The lowest BCUT2D eigenvalue weighted by Crippen LogP contribution is -2.38. The summed E-state index contributed by atoms with van der Waals surface area (Å²) in [5.74, 6) is 2.15. The fourth-order valence-electron chi connectivity index (χ4n) is 4.73. The van der Waals surface area contributed by atoms with E-state index in [-0.39, 0.29) is 5.91 Å². The third-order valence-corrected chi connectivity index (χ3v) is 6.49. The average Bonchev–Trinajstić information content (AvgIpc) is 3.46. The molecule has 3 aromatic rings. The first-order valence-electron chi connectivity index (χ1n) is 10.5. The van der Waals surface area contributed by atoms with Gasteiger partial charge in [-0.2, -0.15) is 5.10 Å². The molecule has 1 saturated heterocycles. The molecule has 0 saturated carbocycles. The molecule has 0 bridgehead atoms. The molecule has 1 N–H and O–H groups in total. The third-order valence-electron chi connectivity index (χ3n) is 6.49. The van der Waals surface area contributed by atoms with Gasteiger partial charge in [0.05, 0.1) is 11.4 Å². The molecule has 3 aromatic heterocycles. The van der Waals surface area contributed by atoms with E-state index in [0.29, 0.717) is 17.5 Å². The Bertz CT molecular complexity index is 1020. The van der Waals surface area contributed by atoms with Gasteiger partial charge in [0, 0.05) is 37.8 Å². The van der Waals surface area contributed by atoms with E-state index in [4.69, 9.17) is 4.52 Å². The Morgan fingerprint density at radius 2 is 2.10 bits per heavy atom. The van der Waals surface area contributed by atoms with Gasteiger partial charge in [0.1, 0.15) is 17.1 Å². The zero-order chi connectivity index (χ0) is 20.0. The molecule has 1 fully saturated rings. The lowest BCUT2D eigenvalue weighted by atomic mass is 9.83. The number of carbonyl (C=O) groups is 1. The molecule has 7 nitrogen and oxygen atoms in total. The molecule has 1 aliphatic carbocycles. The summed E-state index contributed by atoms with van der Waals surface area (Å²) in [6, 6.07) is 5.81. The molecule has 152 valence electrons. The van der Waals surface area contributed by atoms with Gasteiger partial charge in [-0.25, -0.2) is 0 Å². The Morgan fingerprint density at radius 3 is 2.86 bits per heavy atom. The second-order valence-corrected chi connectivity index (χ2v) is 8.56. The van der Waals surface area contributed by atoms with Crippen molar-refractivity contribution in [3.05, 3.63) is 47.1 Å². The number of likely N-dealkylation sites (tertiary alicyclic amines) is 1. The van der Waals surface area contributed by atoms with E-state index in [1.807, 2.05) is 40.9 Å². The maximum atomic E-state index is 12.9. The van der Waals surface area contributed by atoms with Crippen LogP contribution < -0.4 is 0 Å². The van der Waals surface area contributed by atoms with E-state index in [9.17, 15) is 4.79 Å². The largest absolute Gasteiger partial charge is 0.361 e. The number of hydrogen-bond acceptors (Lipinski definition) is 4. The molecule has 0 radical (unpaired) electrons. The molecule has 4 heterocycles. The molecule has 7 heteroatoms. The van der Waals surface area contributed by atoms with Gasteiger partial charge in [-0.1, -0.05) is 12.1 Å². The first-order chi connectivity index (χ1) is 14.1. The van der Waals surface area contributed by atoms with Crippen molar-refractivity contribution in [2.24, 2.45) is 13.0 Å². The van der Waals surface area contributed by atoms with Crippen LogP contribution in [-0.4, -0.2) is 43.8 Å². The van der Waals surface area contributed by atoms with Gasteiger partial charge < -0.3 is 14.0 Å². The van der Waals surface area contributed by atoms with Crippen LogP contribution in [0, 0.1) is 5.92 Å². The highest BCUT2D eigenvalue weighted by Gasteiger charge is 2.32. The monoisotopic (exact) mass is 393 g/mol. The highest BCUT2D eigenvalue weighted by molar-refractivity contribution is 5.93. The fourth-order valence-corrected chi connectivity index (χ4v) is 4.73. The molecule has 5 rings (SSSR count). The number of H-pyrrole nitrogens is 1. The van der Waals surface area contributed by atoms with Gasteiger partial charge in [-0.15, -0.1) is 0 Å². The lowest BCUT2D eigenvalue weighted by Gasteiger charge is -2.31. The second kappa shape index (κ2) is 7.21. The summed E-state index contributed by atoms with van der Waals surface area (Å²) in [7, 11) is 1.97. The summed E-state index contributed by atoms with van der Waals surface area (Å²) in [5.41, 5.74) is 4.82. The van der Waals surface area contributed by atoms with Crippen molar-refractivity contribution in [1.82, 2.24) is 24.8 Å². The third kappa shape index (κ3) is 3.28. The number of aromatic nitrogens is 4. The minimum Gasteiger partial charge on any atom is -0.361 e. The van der Waals surface area contributed by atoms with Crippen LogP contribution in [0.2, 0.25) is 0 Å². The van der Waals surface area contributed by atoms with Gasteiger partial charge in [-0.3, -0.25) is 9.89 Å². The molecule has 1 aliphatic heterocycles. The number of nitrogens with one attached hydrogen (secondary N) is 1. The predicted molar refractivity (Wildman–Crippen MR) is 109 cm³/mol. The van der Waals surface area contributed by atoms with Crippen molar-refractivity contribution < 1.29 is 9.32 Å². The summed E-state index contributed by atoms with van der Waals surface area (Å²) in [4.78, 5) is 14.9. The minimum absolute atomic E-state index is 0.0182. The topological polar surface area (TPSA) is 79.9 Å². The quantitative estimate of drug-likeness (QED) is 0.738. The number of nitrogens with zero attached hydrogens (tertiary/aromatic N) is 4. The fraction of sp³-hybridized carbons (Fsp3) is 0.500. The predicted octanol–water partition coefficient (Wildman–Crippen LogP) is 3.55. The van der Waals surface area contributed by atoms with Crippen molar-refractivity contribution in [2.45, 2.75) is 44.9 Å². The van der Waals surface area contributed by atoms with Crippen LogP contribution in [0.1, 0.15) is 59.6 Å². The van der Waals surface area contributed by atoms with E-state index < -0.39 is 0 Å². The molecule has 0 aromatic carbocycles. The van der Waals surface area contributed by atoms with Crippen LogP contribution in [0.15, 0.2) is 28.9 Å². The molecule has 0 unspecified atom stereocenters. The van der Waals surface area contributed by atoms with Crippen LogP contribution in [0.4, 0.5) is 0 Å². The van der Waals surface area contributed by atoms with Gasteiger partial charge in [-0.05, 0) is 56.2 Å². The molecule has 1 atom stereocenters. The van der Waals surface area contributed by atoms with E-state index in [1.54, 1.807) is 0 Å². The number of carbonyl (C=O) groups excluding carboxylic acids is 1. The molecule has 2 aliphatic rings. The molecule has 1 amide bonds. The normalized spacial score (nSPS) is 20.1. The smallest absolute Gasteiger partial charge is 0.271 e. The van der Waals surface area contributed by atoms with E-state index in [1.165, 1.54) is 12.0 Å². The van der Waals surface area contributed by atoms with E-state index in [2.05, 4.69) is 22.3 Å². The van der Waals surface area contributed by atoms with Crippen molar-refractivity contribution in [2.75, 3.05) is 13.1 Å². The van der Waals surface area contributed by atoms with Crippen molar-refractivity contribution in [3.63, 3.8) is 0 Å². The number of amides is 1. The summed E-state index contributed by atoms with van der Waals surface area (Å²) in [6.07, 6.45) is 7.10. The highest BCUT2D eigenvalue weighted by Crippen LogP contribution is 2.36. The van der Waals surface area contributed by atoms with Gasteiger partial charge in [0.25, 0.3) is 5.91 Å². The van der Waals surface area contributed by atoms with Crippen LogP contribution in [0.5, 0.6) is 0 Å². The Morgan fingerprint density at radius 1 is 1.28 bits per heavy atom. The Kier molecular flexibility index (Phi) is 4.53. The summed E-state index contributed by atoms with van der Waals surface area (Å²) >= 11 is 0. The lowest BCUT2D eigenvalue weighted by molar-refractivity contribution is 0.0700. The molecular weight excluding hydrogens is 366 g/mol. The number of rotatable bonds is 3. The van der Waals surface area contributed by atoms with Crippen LogP contribution >= 0.6 is 0 Å². The van der Waals surface area contributed by atoms with Crippen molar-refractivity contribution in [3.8, 4) is 11.4 Å². The number of fused-ring (bicyclic) bond motifs is 1. The Labute approximate surface area is 170 Å². The zero-order valence-electron chi connectivity index (χ0n) is 17.0. The van der Waals surface area contributed by atoms with Crippen LogP contribution in [0.3, 0.4) is 0 Å². The molecule has 0 spiro atoms. The number of piperidine rings is 1. The standard InChI is InChI=1S/C22H27N5O2/c1-14-5-6-17-16(12-14)21(29-25-17)15-7-10-27(11-8-15)22(28)19-13-18(23-24-19)20-4-3-9-26(20)2/h3-4,9,13-15H,5-8,10-12H2,1-2H3,(H,23,24)/t14-/m0/s1. The Balaban J connectivity index is 1.26. The van der Waals surface area contributed by atoms with E-state index in [0.717, 1.165) is 61.6 Å². The zero-order valence-corrected chi connectivity index (χ0v) is 17.0. The first kappa shape index (κ1) is 18.2. The SMILES string of the molecule is C[C@H]1CCc2noc(C3CCN(C(=O)c4cc(-c5cccn5C)n[nH]4)CC3)c2C1. The second-order valence-electron chi connectivity index (χ2n) is 8.56. The van der Waals surface area contributed by atoms with Gasteiger partial charge >= 0.3 is 0 Å². The van der Waals surface area contributed by atoms with E-state index >= 15 is 0 Å². The number of aryl methyl sites for hydroxylation is 2. The summed E-state index contributed by atoms with van der Waals surface area (Å²) in [6.45, 7) is 3.76. The number of hydrogen-bond donors (Lipinski definition) is 1. The maximum absolute atomic E-state index is 12.9. The van der Waals surface area contributed by atoms with Gasteiger partial charge in [0.15, 0.2) is 0 Å². The van der Waals surface area contributed by atoms with Crippen molar-refractivity contribution >= 4 is 5.91 Å². The Hall–Kier alpha value is -2.83. The molecule has 29 heavy (non-hydrogen) atoms. The molecular formula is C22H27N5O2. The average molecular weight is 393 g/mol.